The largest absolute Gasteiger partial charge is 0.392 e. The summed E-state index contributed by atoms with van der Waals surface area (Å²) in [7, 11) is 0. The summed E-state index contributed by atoms with van der Waals surface area (Å²) in [5, 5.41) is 5.20. The summed E-state index contributed by atoms with van der Waals surface area (Å²) >= 11 is 6.89. The summed E-state index contributed by atoms with van der Waals surface area (Å²) in [5.74, 6) is 0.0185. The van der Waals surface area contributed by atoms with Crippen molar-refractivity contribution in [3.8, 4) is 0 Å². The standard InChI is InChI=1S/C15H22N2OS2/c1-2-11(12-7-6-10-20-12)17-14(18)15(13(16)19)8-4-3-5-9-15/h6-7,10-11H,2-5,8-9H2,1H3,(H2,16,19)(H,17,18). The number of carbonyl (C=O) groups is 1. The maximum absolute atomic E-state index is 12.8. The molecule has 1 aromatic rings. The number of thiocarbonyl (C=S) groups is 1. The fourth-order valence-corrected chi connectivity index (χ4v) is 4.06. The Hall–Kier alpha value is -0.940. The third-order valence-electron chi connectivity index (χ3n) is 4.21. The molecule has 1 aliphatic rings. The predicted octanol–water partition coefficient (Wildman–Crippen LogP) is 3.55. The molecule has 0 bridgehead atoms. The summed E-state index contributed by atoms with van der Waals surface area (Å²) < 4.78 is 0. The van der Waals surface area contributed by atoms with Crippen molar-refractivity contribution in [2.45, 2.75) is 51.5 Å². The maximum Gasteiger partial charge on any atom is 0.233 e. The maximum atomic E-state index is 12.8. The minimum Gasteiger partial charge on any atom is -0.392 e. The molecule has 1 aromatic heterocycles. The quantitative estimate of drug-likeness (QED) is 0.818. The molecule has 110 valence electrons. The van der Waals surface area contributed by atoms with Gasteiger partial charge in [0.2, 0.25) is 5.91 Å². The van der Waals surface area contributed by atoms with Crippen LogP contribution < -0.4 is 11.1 Å². The fraction of sp³-hybridized carbons (Fsp3) is 0.600. The smallest absolute Gasteiger partial charge is 0.233 e. The highest BCUT2D eigenvalue weighted by Crippen LogP contribution is 2.38. The number of carbonyl (C=O) groups excluding carboxylic acids is 1. The number of amides is 1. The molecular weight excluding hydrogens is 288 g/mol. The Kier molecular flexibility index (Phi) is 5.16. The van der Waals surface area contributed by atoms with Crippen LogP contribution in [0, 0.1) is 5.41 Å². The molecule has 0 aromatic carbocycles. The molecule has 2 rings (SSSR count). The van der Waals surface area contributed by atoms with Crippen LogP contribution in [-0.2, 0) is 4.79 Å². The Morgan fingerprint density at radius 3 is 2.70 bits per heavy atom. The van der Waals surface area contributed by atoms with Gasteiger partial charge in [-0.2, -0.15) is 0 Å². The lowest BCUT2D eigenvalue weighted by Gasteiger charge is -2.36. The lowest BCUT2D eigenvalue weighted by atomic mass is 9.73. The molecule has 3 N–H and O–H groups in total. The van der Waals surface area contributed by atoms with E-state index >= 15 is 0 Å². The fourth-order valence-electron chi connectivity index (χ4n) is 2.90. The molecule has 3 nitrogen and oxygen atoms in total. The molecular formula is C15H22N2OS2. The van der Waals surface area contributed by atoms with E-state index in [4.69, 9.17) is 18.0 Å². The van der Waals surface area contributed by atoms with Crippen LogP contribution in [0.15, 0.2) is 17.5 Å². The van der Waals surface area contributed by atoms with Gasteiger partial charge in [0.05, 0.1) is 16.4 Å². The molecule has 1 saturated carbocycles. The van der Waals surface area contributed by atoms with Gasteiger partial charge in [-0.15, -0.1) is 11.3 Å². The monoisotopic (exact) mass is 310 g/mol. The van der Waals surface area contributed by atoms with E-state index in [2.05, 4.69) is 18.3 Å². The van der Waals surface area contributed by atoms with Crippen molar-refractivity contribution in [3.05, 3.63) is 22.4 Å². The molecule has 0 aliphatic heterocycles. The van der Waals surface area contributed by atoms with Gasteiger partial charge in [-0.1, -0.05) is 44.5 Å². The molecule has 1 amide bonds. The third-order valence-corrected chi connectivity index (χ3v) is 5.59. The van der Waals surface area contributed by atoms with Crippen LogP contribution in [0.3, 0.4) is 0 Å². The molecule has 1 unspecified atom stereocenters. The summed E-state index contributed by atoms with van der Waals surface area (Å²) in [4.78, 5) is 14.3. The van der Waals surface area contributed by atoms with Crippen molar-refractivity contribution in [3.63, 3.8) is 0 Å². The summed E-state index contributed by atoms with van der Waals surface area (Å²) in [5.41, 5.74) is 5.29. The van der Waals surface area contributed by atoms with Crippen molar-refractivity contribution in [2.24, 2.45) is 11.1 Å². The van der Waals surface area contributed by atoms with Gasteiger partial charge in [-0.25, -0.2) is 0 Å². The SMILES string of the molecule is CCC(NC(=O)C1(C(N)=S)CCCCC1)c1cccs1. The van der Waals surface area contributed by atoms with Crippen LogP contribution in [0.1, 0.15) is 56.4 Å². The first-order valence-corrected chi connectivity index (χ1v) is 8.53. The minimum absolute atomic E-state index is 0.0185. The van der Waals surface area contributed by atoms with Crippen LogP contribution in [0.2, 0.25) is 0 Å². The van der Waals surface area contributed by atoms with Crippen LogP contribution in [-0.4, -0.2) is 10.9 Å². The van der Waals surface area contributed by atoms with Crippen LogP contribution in [0.5, 0.6) is 0 Å². The average Bonchev–Trinajstić information content (AvgIpc) is 2.99. The Balaban J connectivity index is 2.14. The third kappa shape index (κ3) is 3.04. The van der Waals surface area contributed by atoms with Gasteiger partial charge < -0.3 is 11.1 Å². The lowest BCUT2D eigenvalue weighted by Crippen LogP contribution is -2.50. The van der Waals surface area contributed by atoms with Crippen molar-refractivity contribution in [1.82, 2.24) is 5.32 Å². The second-order valence-electron chi connectivity index (χ2n) is 5.46. The normalized spacial score (nSPS) is 19.2. The van der Waals surface area contributed by atoms with Gasteiger partial charge >= 0.3 is 0 Å². The predicted molar refractivity (Wildman–Crippen MR) is 87.8 cm³/mol. The average molecular weight is 310 g/mol. The van der Waals surface area contributed by atoms with Crippen LogP contribution in [0.4, 0.5) is 0 Å². The zero-order valence-electron chi connectivity index (χ0n) is 11.9. The summed E-state index contributed by atoms with van der Waals surface area (Å²) in [6, 6.07) is 4.14. The molecule has 1 heterocycles. The van der Waals surface area contributed by atoms with Gasteiger partial charge in [0, 0.05) is 4.88 Å². The highest BCUT2D eigenvalue weighted by Gasteiger charge is 2.42. The number of hydrogen-bond donors (Lipinski definition) is 2. The van der Waals surface area contributed by atoms with Gasteiger partial charge in [0.15, 0.2) is 0 Å². The van der Waals surface area contributed by atoms with Crippen molar-refractivity contribution >= 4 is 34.5 Å². The zero-order valence-corrected chi connectivity index (χ0v) is 13.5. The van der Waals surface area contributed by atoms with E-state index in [9.17, 15) is 4.79 Å². The van der Waals surface area contributed by atoms with Gasteiger partial charge in [0.25, 0.3) is 0 Å². The highest BCUT2D eigenvalue weighted by atomic mass is 32.1. The number of nitrogens with two attached hydrogens (primary N) is 1. The Labute approximate surface area is 129 Å². The second-order valence-corrected chi connectivity index (χ2v) is 6.88. The first-order chi connectivity index (χ1) is 9.60. The molecule has 1 fully saturated rings. The first kappa shape index (κ1) is 15.4. The van der Waals surface area contributed by atoms with Gasteiger partial charge in [0.1, 0.15) is 0 Å². The molecule has 1 aliphatic carbocycles. The van der Waals surface area contributed by atoms with E-state index in [1.54, 1.807) is 11.3 Å². The van der Waals surface area contributed by atoms with E-state index < -0.39 is 5.41 Å². The van der Waals surface area contributed by atoms with Crippen molar-refractivity contribution in [2.75, 3.05) is 0 Å². The molecule has 1 atom stereocenters. The van der Waals surface area contributed by atoms with Crippen LogP contribution >= 0.6 is 23.6 Å². The molecule has 0 saturated heterocycles. The summed E-state index contributed by atoms with van der Waals surface area (Å²) in [6.07, 6.45) is 5.67. The molecule has 5 heteroatoms. The van der Waals surface area contributed by atoms with Crippen LogP contribution in [0.25, 0.3) is 0 Å². The van der Waals surface area contributed by atoms with E-state index in [1.807, 2.05) is 11.4 Å². The molecule has 0 spiro atoms. The number of nitrogens with one attached hydrogen (secondary N) is 1. The molecule has 0 radical (unpaired) electrons. The second kappa shape index (κ2) is 6.68. The topological polar surface area (TPSA) is 55.1 Å². The Morgan fingerprint density at radius 2 is 2.20 bits per heavy atom. The van der Waals surface area contributed by atoms with E-state index in [0.29, 0.717) is 4.99 Å². The van der Waals surface area contributed by atoms with Gasteiger partial charge in [-0.05, 0) is 30.7 Å². The number of thiophene rings is 1. The zero-order chi connectivity index (χ0) is 14.6. The van der Waals surface area contributed by atoms with E-state index in [-0.39, 0.29) is 11.9 Å². The molecule has 20 heavy (non-hydrogen) atoms. The first-order valence-electron chi connectivity index (χ1n) is 7.24. The minimum atomic E-state index is -0.627. The summed E-state index contributed by atoms with van der Waals surface area (Å²) in [6.45, 7) is 2.08. The Morgan fingerprint density at radius 1 is 1.50 bits per heavy atom. The van der Waals surface area contributed by atoms with E-state index in [1.165, 1.54) is 11.3 Å². The highest BCUT2D eigenvalue weighted by molar-refractivity contribution is 7.80. The number of rotatable bonds is 5. The van der Waals surface area contributed by atoms with Crippen molar-refractivity contribution in [1.29, 1.82) is 0 Å². The lowest BCUT2D eigenvalue weighted by molar-refractivity contribution is -0.129. The van der Waals surface area contributed by atoms with Gasteiger partial charge in [-0.3, -0.25) is 4.79 Å². The van der Waals surface area contributed by atoms with Crippen molar-refractivity contribution < 1.29 is 4.79 Å². The Bertz CT molecular complexity index is 464. The van der Waals surface area contributed by atoms with E-state index in [0.717, 1.165) is 32.1 Å². The number of hydrogen-bond acceptors (Lipinski definition) is 3.